The third-order valence-electron chi connectivity index (χ3n) is 1.33. The molecule has 0 bridgehead atoms. The molecule has 3 nitrogen and oxygen atoms in total. The van der Waals surface area contributed by atoms with Crippen LogP contribution >= 0.6 is 0 Å². The van der Waals surface area contributed by atoms with Crippen LogP contribution in [0, 0.1) is 0 Å². The molecular weight excluding hydrogens is 156 g/mol. The van der Waals surface area contributed by atoms with E-state index in [0.29, 0.717) is 18.6 Å². The van der Waals surface area contributed by atoms with Gasteiger partial charge in [0.25, 0.3) is 0 Å². The Labute approximate surface area is 72.3 Å². The number of allylic oxidation sites excluding steroid dienone is 2. The van der Waals surface area contributed by atoms with Crippen LogP contribution in [0.3, 0.4) is 0 Å². The van der Waals surface area contributed by atoms with E-state index in [1.807, 2.05) is 12.2 Å². The zero-order chi connectivity index (χ0) is 9.40. The lowest BCUT2D eigenvalue weighted by molar-refractivity contribution is -0.132. The van der Waals surface area contributed by atoms with E-state index in [-0.39, 0.29) is 0 Å². The second kappa shape index (κ2) is 6.61. The SMILES string of the molecule is COCC=CCC=C(C)C(=O)O. The summed E-state index contributed by atoms with van der Waals surface area (Å²) >= 11 is 0. The van der Waals surface area contributed by atoms with Gasteiger partial charge in [-0.05, 0) is 13.3 Å². The molecule has 0 atom stereocenters. The molecular formula is C9H14O3. The van der Waals surface area contributed by atoms with Crippen LogP contribution in [-0.4, -0.2) is 24.8 Å². The molecule has 0 rings (SSSR count). The number of hydrogen-bond acceptors (Lipinski definition) is 2. The quantitative estimate of drug-likeness (QED) is 0.503. The Hall–Kier alpha value is -1.09. The number of ether oxygens (including phenoxy) is 1. The highest BCUT2D eigenvalue weighted by Crippen LogP contribution is 1.95. The Kier molecular flexibility index (Phi) is 6.01. The number of methoxy groups -OCH3 is 1. The first-order valence-electron chi connectivity index (χ1n) is 3.72. The average Bonchev–Trinajstić information content (AvgIpc) is 2.03. The second-order valence-corrected chi connectivity index (χ2v) is 2.35. The molecule has 1 N–H and O–H groups in total. The number of aliphatic carboxylic acids is 1. The molecule has 0 aliphatic carbocycles. The summed E-state index contributed by atoms with van der Waals surface area (Å²) < 4.78 is 4.77. The van der Waals surface area contributed by atoms with E-state index in [2.05, 4.69) is 0 Å². The minimum Gasteiger partial charge on any atom is -0.478 e. The lowest BCUT2D eigenvalue weighted by atomic mass is 10.2. The number of rotatable bonds is 5. The van der Waals surface area contributed by atoms with Crippen molar-refractivity contribution in [2.24, 2.45) is 0 Å². The van der Waals surface area contributed by atoms with Crippen molar-refractivity contribution in [2.45, 2.75) is 13.3 Å². The van der Waals surface area contributed by atoms with Crippen LogP contribution in [0.4, 0.5) is 0 Å². The largest absolute Gasteiger partial charge is 0.478 e. The number of carboxylic acids is 1. The van der Waals surface area contributed by atoms with E-state index in [1.165, 1.54) is 0 Å². The molecule has 0 amide bonds. The van der Waals surface area contributed by atoms with Gasteiger partial charge in [-0.2, -0.15) is 0 Å². The van der Waals surface area contributed by atoms with Gasteiger partial charge in [0.05, 0.1) is 6.61 Å². The predicted molar refractivity (Wildman–Crippen MR) is 47.0 cm³/mol. The summed E-state index contributed by atoms with van der Waals surface area (Å²) in [6.07, 6.45) is 6.03. The Morgan fingerprint density at radius 1 is 1.50 bits per heavy atom. The van der Waals surface area contributed by atoms with Gasteiger partial charge in [-0.3, -0.25) is 0 Å². The van der Waals surface area contributed by atoms with Crippen molar-refractivity contribution in [2.75, 3.05) is 13.7 Å². The molecule has 0 aromatic rings. The lowest BCUT2D eigenvalue weighted by Gasteiger charge is -1.90. The van der Waals surface area contributed by atoms with Gasteiger partial charge in [0.2, 0.25) is 0 Å². The van der Waals surface area contributed by atoms with Crippen LogP contribution in [0.25, 0.3) is 0 Å². The summed E-state index contributed by atoms with van der Waals surface area (Å²) in [5.74, 6) is -0.866. The van der Waals surface area contributed by atoms with E-state index in [1.54, 1.807) is 20.1 Å². The van der Waals surface area contributed by atoms with Crippen molar-refractivity contribution in [3.63, 3.8) is 0 Å². The lowest BCUT2D eigenvalue weighted by Crippen LogP contribution is -1.95. The van der Waals surface area contributed by atoms with E-state index >= 15 is 0 Å². The molecule has 3 heteroatoms. The zero-order valence-electron chi connectivity index (χ0n) is 7.41. The third-order valence-corrected chi connectivity index (χ3v) is 1.33. The highest BCUT2D eigenvalue weighted by Gasteiger charge is 1.95. The molecule has 0 unspecified atom stereocenters. The van der Waals surface area contributed by atoms with Crippen molar-refractivity contribution in [3.8, 4) is 0 Å². The van der Waals surface area contributed by atoms with Gasteiger partial charge in [0.15, 0.2) is 0 Å². The Morgan fingerprint density at radius 3 is 2.67 bits per heavy atom. The fraction of sp³-hybridized carbons (Fsp3) is 0.444. The number of carboxylic acid groups (broad SMARTS) is 1. The maximum atomic E-state index is 10.3. The first-order valence-corrected chi connectivity index (χ1v) is 3.72. The van der Waals surface area contributed by atoms with Crippen molar-refractivity contribution in [1.29, 1.82) is 0 Å². The predicted octanol–water partition coefficient (Wildman–Crippen LogP) is 1.61. The smallest absolute Gasteiger partial charge is 0.330 e. The van der Waals surface area contributed by atoms with E-state index in [4.69, 9.17) is 9.84 Å². The molecule has 0 aromatic heterocycles. The summed E-state index contributed by atoms with van der Waals surface area (Å²) in [7, 11) is 1.61. The highest BCUT2D eigenvalue weighted by atomic mass is 16.5. The summed E-state index contributed by atoms with van der Waals surface area (Å²) in [5.41, 5.74) is 0.372. The Balaban J connectivity index is 3.66. The number of carbonyl (C=O) groups is 1. The highest BCUT2D eigenvalue weighted by molar-refractivity contribution is 5.85. The van der Waals surface area contributed by atoms with Crippen LogP contribution in [-0.2, 0) is 9.53 Å². The molecule has 12 heavy (non-hydrogen) atoms. The monoisotopic (exact) mass is 170 g/mol. The van der Waals surface area contributed by atoms with Gasteiger partial charge < -0.3 is 9.84 Å². The minimum atomic E-state index is -0.866. The van der Waals surface area contributed by atoms with Gasteiger partial charge in [-0.1, -0.05) is 18.2 Å². The van der Waals surface area contributed by atoms with Gasteiger partial charge in [-0.15, -0.1) is 0 Å². The summed E-state index contributed by atoms with van der Waals surface area (Å²) in [6.45, 7) is 2.15. The molecule has 0 spiro atoms. The zero-order valence-corrected chi connectivity index (χ0v) is 7.41. The van der Waals surface area contributed by atoms with Crippen LogP contribution < -0.4 is 0 Å². The fourth-order valence-electron chi connectivity index (χ4n) is 0.593. The first-order chi connectivity index (χ1) is 5.68. The van der Waals surface area contributed by atoms with Gasteiger partial charge in [0.1, 0.15) is 0 Å². The van der Waals surface area contributed by atoms with Gasteiger partial charge in [-0.25, -0.2) is 4.79 Å². The maximum absolute atomic E-state index is 10.3. The van der Waals surface area contributed by atoms with E-state index in [9.17, 15) is 4.79 Å². The molecule has 0 heterocycles. The van der Waals surface area contributed by atoms with E-state index in [0.717, 1.165) is 0 Å². The standard InChI is InChI=1S/C9H14O3/c1-8(9(10)11)6-4-3-5-7-12-2/h3,5-6H,4,7H2,1-2H3,(H,10,11). The van der Waals surface area contributed by atoms with Crippen molar-refractivity contribution in [3.05, 3.63) is 23.8 Å². The molecule has 0 aliphatic rings. The minimum absolute atomic E-state index is 0.372. The Bertz CT molecular complexity index is 192. The second-order valence-electron chi connectivity index (χ2n) is 2.35. The van der Waals surface area contributed by atoms with Crippen LogP contribution in [0.1, 0.15) is 13.3 Å². The van der Waals surface area contributed by atoms with Crippen molar-refractivity contribution in [1.82, 2.24) is 0 Å². The fourth-order valence-corrected chi connectivity index (χ4v) is 0.593. The topological polar surface area (TPSA) is 46.5 Å². The molecule has 68 valence electrons. The van der Waals surface area contributed by atoms with Crippen LogP contribution in [0.15, 0.2) is 23.8 Å². The van der Waals surface area contributed by atoms with Crippen LogP contribution in [0.2, 0.25) is 0 Å². The molecule has 0 aliphatic heterocycles. The summed E-state index contributed by atoms with van der Waals surface area (Å²) in [5, 5.41) is 8.47. The third kappa shape index (κ3) is 5.68. The molecule has 0 fully saturated rings. The van der Waals surface area contributed by atoms with Gasteiger partial charge in [0, 0.05) is 12.7 Å². The van der Waals surface area contributed by atoms with Crippen molar-refractivity contribution >= 4 is 5.97 Å². The summed E-state index contributed by atoms with van der Waals surface area (Å²) in [4.78, 5) is 10.3. The molecule has 0 saturated heterocycles. The summed E-state index contributed by atoms with van der Waals surface area (Å²) in [6, 6.07) is 0. The molecule has 0 radical (unpaired) electrons. The molecule has 0 saturated carbocycles. The van der Waals surface area contributed by atoms with Crippen LogP contribution in [0.5, 0.6) is 0 Å². The van der Waals surface area contributed by atoms with Gasteiger partial charge >= 0.3 is 5.97 Å². The molecule has 0 aromatic carbocycles. The van der Waals surface area contributed by atoms with Crippen molar-refractivity contribution < 1.29 is 14.6 Å². The van der Waals surface area contributed by atoms with E-state index < -0.39 is 5.97 Å². The number of hydrogen-bond donors (Lipinski definition) is 1. The Morgan fingerprint density at radius 2 is 2.17 bits per heavy atom. The average molecular weight is 170 g/mol. The first kappa shape index (κ1) is 10.9. The normalized spacial score (nSPS) is 12.3. The maximum Gasteiger partial charge on any atom is 0.330 e.